The molecule has 6 nitrogen and oxygen atoms in total. The molecule has 1 atom stereocenters. The molecule has 1 aliphatic heterocycles. The number of rotatable bonds is 6. The highest BCUT2D eigenvalue weighted by atomic mass is 16.7. The van der Waals surface area contributed by atoms with Crippen LogP contribution in [0.1, 0.15) is 18.1 Å². The topological polar surface area (TPSA) is 73.9 Å². The predicted octanol–water partition coefficient (Wildman–Crippen LogP) is 2.68. The van der Waals surface area contributed by atoms with Crippen molar-refractivity contribution in [3.8, 4) is 11.5 Å². The van der Waals surface area contributed by atoms with Gasteiger partial charge in [-0.05, 0) is 36.3 Å². The molecule has 0 unspecified atom stereocenters. The Balaban J connectivity index is 1.47. The van der Waals surface area contributed by atoms with Gasteiger partial charge in [0.2, 0.25) is 6.79 Å². The first kappa shape index (κ1) is 17.5. The molecule has 26 heavy (non-hydrogen) atoms. The normalized spacial score (nSPS) is 13.4. The molecule has 0 fully saturated rings. The Kier molecular flexibility index (Phi) is 5.53. The molecule has 2 aromatic rings. The van der Waals surface area contributed by atoms with Crippen molar-refractivity contribution in [3.05, 3.63) is 65.7 Å². The summed E-state index contributed by atoms with van der Waals surface area (Å²) in [5, 5.41) is 2.73. The largest absolute Gasteiger partial charge is 0.454 e. The number of carbonyl (C=O) groups is 2. The molecule has 0 aliphatic carbocycles. The second kappa shape index (κ2) is 8.20. The minimum Gasteiger partial charge on any atom is -0.454 e. The van der Waals surface area contributed by atoms with Gasteiger partial charge in [0, 0.05) is 12.6 Å². The number of carbonyl (C=O) groups excluding carboxylic acids is 2. The molecule has 0 spiro atoms. The van der Waals surface area contributed by atoms with Gasteiger partial charge in [-0.1, -0.05) is 36.4 Å². The van der Waals surface area contributed by atoms with Crippen molar-refractivity contribution in [2.75, 3.05) is 6.79 Å². The third-order valence-corrected chi connectivity index (χ3v) is 3.78. The molecule has 1 aliphatic rings. The highest BCUT2D eigenvalue weighted by Crippen LogP contribution is 2.32. The molecule has 2 aromatic carbocycles. The quantitative estimate of drug-likeness (QED) is 0.638. The fraction of sp³-hybridized carbons (Fsp3) is 0.200. The lowest BCUT2D eigenvalue weighted by Gasteiger charge is -2.12. The van der Waals surface area contributed by atoms with Crippen LogP contribution in [0, 0.1) is 0 Å². The van der Waals surface area contributed by atoms with Gasteiger partial charge in [0.15, 0.2) is 17.6 Å². The second-order valence-corrected chi connectivity index (χ2v) is 5.73. The highest BCUT2D eigenvalue weighted by Gasteiger charge is 2.17. The van der Waals surface area contributed by atoms with E-state index in [2.05, 4.69) is 5.32 Å². The zero-order chi connectivity index (χ0) is 18.4. The lowest BCUT2D eigenvalue weighted by atomic mass is 10.2. The van der Waals surface area contributed by atoms with Crippen LogP contribution in [-0.4, -0.2) is 24.8 Å². The van der Waals surface area contributed by atoms with Crippen LogP contribution in [0.4, 0.5) is 0 Å². The summed E-state index contributed by atoms with van der Waals surface area (Å²) in [6, 6.07) is 14.8. The molecule has 0 saturated carbocycles. The molecule has 3 rings (SSSR count). The lowest BCUT2D eigenvalue weighted by Crippen LogP contribution is -2.35. The van der Waals surface area contributed by atoms with Crippen LogP contribution >= 0.6 is 0 Å². The van der Waals surface area contributed by atoms with Gasteiger partial charge in [-0.2, -0.15) is 0 Å². The van der Waals surface area contributed by atoms with Gasteiger partial charge in [-0.25, -0.2) is 4.79 Å². The van der Waals surface area contributed by atoms with Crippen LogP contribution in [0.15, 0.2) is 54.6 Å². The van der Waals surface area contributed by atoms with E-state index in [1.165, 1.54) is 13.0 Å². The maximum Gasteiger partial charge on any atom is 0.331 e. The number of nitrogens with one attached hydrogen (secondary N) is 1. The molecular formula is C20H19NO5. The second-order valence-electron chi connectivity index (χ2n) is 5.73. The van der Waals surface area contributed by atoms with Gasteiger partial charge < -0.3 is 19.5 Å². The van der Waals surface area contributed by atoms with Crippen molar-refractivity contribution in [3.63, 3.8) is 0 Å². The van der Waals surface area contributed by atoms with Crippen LogP contribution in [0.5, 0.6) is 11.5 Å². The van der Waals surface area contributed by atoms with Crippen LogP contribution in [-0.2, 0) is 20.9 Å². The van der Waals surface area contributed by atoms with Crippen LogP contribution < -0.4 is 14.8 Å². The van der Waals surface area contributed by atoms with Gasteiger partial charge in [0.25, 0.3) is 5.91 Å². The van der Waals surface area contributed by atoms with E-state index in [4.69, 9.17) is 14.2 Å². The van der Waals surface area contributed by atoms with E-state index < -0.39 is 12.1 Å². The number of amides is 1. The summed E-state index contributed by atoms with van der Waals surface area (Å²) in [7, 11) is 0. The Hall–Kier alpha value is -3.28. The number of fused-ring (bicyclic) bond motifs is 1. The first-order valence-corrected chi connectivity index (χ1v) is 8.22. The standard InChI is InChI=1S/C20H19NO5/c1-14(26-19(22)10-8-15-5-3-2-4-6-15)20(23)21-12-16-7-9-17-18(11-16)25-13-24-17/h2-11,14H,12-13H2,1H3,(H,21,23)/b10-8+/t14-/m0/s1. The summed E-state index contributed by atoms with van der Waals surface area (Å²) in [6.07, 6.45) is 2.05. The van der Waals surface area contributed by atoms with Crippen LogP contribution in [0.25, 0.3) is 6.08 Å². The number of hydrogen-bond acceptors (Lipinski definition) is 5. The van der Waals surface area contributed by atoms with Crippen molar-refractivity contribution >= 4 is 18.0 Å². The Morgan fingerprint density at radius 3 is 2.73 bits per heavy atom. The SMILES string of the molecule is C[C@H](OC(=O)/C=C/c1ccccc1)C(=O)NCc1ccc2c(c1)OCO2. The van der Waals surface area contributed by atoms with Gasteiger partial charge in [0.05, 0.1) is 0 Å². The van der Waals surface area contributed by atoms with Crippen molar-refractivity contribution < 1.29 is 23.8 Å². The maximum absolute atomic E-state index is 12.1. The van der Waals surface area contributed by atoms with Crippen molar-refractivity contribution in [2.24, 2.45) is 0 Å². The molecule has 1 amide bonds. The predicted molar refractivity (Wildman–Crippen MR) is 95.4 cm³/mol. The van der Waals surface area contributed by atoms with E-state index in [1.54, 1.807) is 12.1 Å². The van der Waals surface area contributed by atoms with E-state index in [0.717, 1.165) is 11.1 Å². The Morgan fingerprint density at radius 2 is 1.92 bits per heavy atom. The Labute approximate surface area is 151 Å². The van der Waals surface area contributed by atoms with E-state index in [9.17, 15) is 9.59 Å². The van der Waals surface area contributed by atoms with Crippen molar-refractivity contribution in [2.45, 2.75) is 19.6 Å². The van der Waals surface area contributed by atoms with Crippen LogP contribution in [0.3, 0.4) is 0 Å². The summed E-state index contributed by atoms with van der Waals surface area (Å²) in [6.45, 7) is 2.04. The average Bonchev–Trinajstić information content (AvgIpc) is 3.13. The molecule has 0 radical (unpaired) electrons. The summed E-state index contributed by atoms with van der Waals surface area (Å²) in [5.41, 5.74) is 1.74. The fourth-order valence-electron chi connectivity index (χ4n) is 2.38. The third kappa shape index (κ3) is 4.63. The average molecular weight is 353 g/mol. The number of ether oxygens (including phenoxy) is 3. The van der Waals surface area contributed by atoms with E-state index in [0.29, 0.717) is 18.0 Å². The number of benzene rings is 2. The van der Waals surface area contributed by atoms with Gasteiger partial charge in [-0.3, -0.25) is 4.79 Å². The molecular weight excluding hydrogens is 334 g/mol. The highest BCUT2D eigenvalue weighted by molar-refractivity contribution is 5.90. The molecule has 1 N–H and O–H groups in total. The van der Waals surface area contributed by atoms with E-state index >= 15 is 0 Å². The molecule has 0 aromatic heterocycles. The number of esters is 1. The first-order valence-electron chi connectivity index (χ1n) is 8.22. The van der Waals surface area contributed by atoms with E-state index in [1.807, 2.05) is 42.5 Å². The van der Waals surface area contributed by atoms with Crippen LogP contribution in [0.2, 0.25) is 0 Å². The molecule has 6 heteroatoms. The maximum atomic E-state index is 12.1. The minimum absolute atomic E-state index is 0.203. The molecule has 0 saturated heterocycles. The Bertz CT molecular complexity index is 816. The summed E-state index contributed by atoms with van der Waals surface area (Å²) in [4.78, 5) is 23.9. The lowest BCUT2D eigenvalue weighted by molar-refractivity contribution is -0.150. The van der Waals surface area contributed by atoms with Gasteiger partial charge in [0.1, 0.15) is 0 Å². The summed E-state index contributed by atoms with van der Waals surface area (Å²) >= 11 is 0. The zero-order valence-electron chi connectivity index (χ0n) is 14.3. The smallest absolute Gasteiger partial charge is 0.331 e. The zero-order valence-corrected chi connectivity index (χ0v) is 14.3. The molecule has 0 bridgehead atoms. The molecule has 1 heterocycles. The number of hydrogen-bond donors (Lipinski definition) is 1. The van der Waals surface area contributed by atoms with E-state index in [-0.39, 0.29) is 12.7 Å². The third-order valence-electron chi connectivity index (χ3n) is 3.78. The Morgan fingerprint density at radius 1 is 1.15 bits per heavy atom. The summed E-state index contributed by atoms with van der Waals surface area (Å²) in [5.74, 6) is 0.401. The summed E-state index contributed by atoms with van der Waals surface area (Å²) < 4.78 is 15.7. The van der Waals surface area contributed by atoms with Gasteiger partial charge in [-0.15, -0.1) is 0 Å². The van der Waals surface area contributed by atoms with Gasteiger partial charge >= 0.3 is 5.97 Å². The minimum atomic E-state index is -0.892. The molecule has 134 valence electrons. The fourth-order valence-corrected chi connectivity index (χ4v) is 2.38. The van der Waals surface area contributed by atoms with Crippen molar-refractivity contribution in [1.29, 1.82) is 0 Å². The van der Waals surface area contributed by atoms with Crippen molar-refractivity contribution in [1.82, 2.24) is 5.32 Å². The first-order chi connectivity index (χ1) is 12.6. The monoisotopic (exact) mass is 353 g/mol.